The van der Waals surface area contributed by atoms with Gasteiger partial charge in [-0.25, -0.2) is 9.97 Å². The molecule has 0 spiro atoms. The number of rotatable bonds is 4. The van der Waals surface area contributed by atoms with E-state index < -0.39 is 0 Å². The average Bonchev–Trinajstić information content (AvgIpc) is 3.30. The lowest BCUT2D eigenvalue weighted by atomic mass is 9.89. The molecule has 0 atom stereocenters. The maximum Gasteiger partial charge on any atom is 0.0894 e. The van der Waals surface area contributed by atoms with Crippen molar-refractivity contribution in [1.29, 1.82) is 0 Å². The van der Waals surface area contributed by atoms with Crippen molar-refractivity contribution in [3.05, 3.63) is 206 Å². The molecular formula is C56H34N2. The molecule has 0 amide bonds. The zero-order chi connectivity index (χ0) is 38.2. The summed E-state index contributed by atoms with van der Waals surface area (Å²) < 4.78 is 0. The van der Waals surface area contributed by atoms with Crippen LogP contribution in [0, 0.1) is 0 Å². The van der Waals surface area contributed by atoms with Crippen LogP contribution in [0.25, 0.3) is 120 Å². The summed E-state index contributed by atoms with van der Waals surface area (Å²) in [4.78, 5) is 10.5. The Morgan fingerprint density at radius 1 is 0.207 bits per heavy atom. The van der Waals surface area contributed by atoms with E-state index in [1.54, 1.807) is 0 Å². The van der Waals surface area contributed by atoms with Gasteiger partial charge in [-0.1, -0.05) is 170 Å². The van der Waals surface area contributed by atoms with Gasteiger partial charge in [0.05, 0.1) is 22.4 Å². The average molecular weight is 735 g/mol. The van der Waals surface area contributed by atoms with Gasteiger partial charge in [0.15, 0.2) is 0 Å². The summed E-state index contributed by atoms with van der Waals surface area (Å²) in [5, 5.41) is 14.9. The van der Waals surface area contributed by atoms with Crippen molar-refractivity contribution in [2.24, 2.45) is 0 Å². The van der Waals surface area contributed by atoms with Gasteiger partial charge in [-0.05, 0) is 123 Å². The fourth-order valence-electron chi connectivity index (χ4n) is 9.38. The Bertz CT molecular complexity index is 3400. The molecule has 0 aliphatic heterocycles. The van der Waals surface area contributed by atoms with Gasteiger partial charge in [-0.15, -0.1) is 0 Å². The molecule has 0 saturated heterocycles. The second-order valence-electron chi connectivity index (χ2n) is 15.2. The Balaban J connectivity index is 0.958. The molecule has 12 rings (SSSR count). The van der Waals surface area contributed by atoms with Crippen LogP contribution in [0.2, 0.25) is 0 Å². The first kappa shape index (κ1) is 32.6. The number of benzene rings is 10. The first-order valence-corrected chi connectivity index (χ1v) is 19.9. The van der Waals surface area contributed by atoms with Gasteiger partial charge in [0.1, 0.15) is 0 Å². The highest BCUT2D eigenvalue weighted by molar-refractivity contribution is 6.19. The third kappa shape index (κ3) is 5.05. The highest BCUT2D eigenvalue weighted by Crippen LogP contribution is 2.43. The molecule has 0 bridgehead atoms. The zero-order valence-corrected chi connectivity index (χ0v) is 31.5. The SMILES string of the molecule is c1ccc2c(c1)cc(-c1ccc(-c3ccc4nc(-c5ccc(-c6cc7ccccc7c7ccccc67)c6ccccc56)ccc4n3)c3ccccc13)c1ccccc12. The molecule has 0 radical (unpaired) electrons. The van der Waals surface area contributed by atoms with E-state index in [2.05, 4.69) is 206 Å². The third-order valence-corrected chi connectivity index (χ3v) is 12.1. The summed E-state index contributed by atoms with van der Waals surface area (Å²) >= 11 is 0. The van der Waals surface area contributed by atoms with Crippen LogP contribution in [0.15, 0.2) is 206 Å². The van der Waals surface area contributed by atoms with Gasteiger partial charge in [0, 0.05) is 11.1 Å². The fraction of sp³-hybridized carbons (Fsp3) is 0. The summed E-state index contributed by atoms with van der Waals surface area (Å²) in [7, 11) is 0. The molecule has 0 N–H and O–H groups in total. The van der Waals surface area contributed by atoms with E-state index >= 15 is 0 Å². The topological polar surface area (TPSA) is 25.8 Å². The van der Waals surface area contributed by atoms with E-state index in [0.717, 1.165) is 33.5 Å². The molecule has 2 heteroatoms. The Morgan fingerprint density at radius 2 is 0.500 bits per heavy atom. The molecule has 58 heavy (non-hydrogen) atoms. The molecule has 0 aliphatic carbocycles. The minimum atomic E-state index is 0.874. The van der Waals surface area contributed by atoms with Crippen molar-refractivity contribution in [3.8, 4) is 44.8 Å². The highest BCUT2D eigenvalue weighted by atomic mass is 14.8. The maximum atomic E-state index is 5.23. The Morgan fingerprint density at radius 3 is 0.897 bits per heavy atom. The summed E-state index contributed by atoms with van der Waals surface area (Å²) in [6, 6.07) is 74.5. The molecular weight excluding hydrogens is 701 g/mol. The fourth-order valence-corrected chi connectivity index (χ4v) is 9.38. The van der Waals surface area contributed by atoms with Gasteiger partial charge in [-0.3, -0.25) is 0 Å². The van der Waals surface area contributed by atoms with E-state index in [1.165, 1.54) is 86.9 Å². The summed E-state index contributed by atoms with van der Waals surface area (Å²) in [5.74, 6) is 0. The van der Waals surface area contributed by atoms with E-state index in [0.29, 0.717) is 0 Å². The molecule has 0 unspecified atom stereocenters. The van der Waals surface area contributed by atoms with Gasteiger partial charge < -0.3 is 0 Å². The van der Waals surface area contributed by atoms with Gasteiger partial charge >= 0.3 is 0 Å². The van der Waals surface area contributed by atoms with Gasteiger partial charge in [0.25, 0.3) is 0 Å². The second-order valence-corrected chi connectivity index (χ2v) is 15.2. The Hall–Kier alpha value is -7.68. The van der Waals surface area contributed by atoms with E-state index in [4.69, 9.17) is 9.97 Å². The van der Waals surface area contributed by atoms with Crippen molar-refractivity contribution < 1.29 is 0 Å². The summed E-state index contributed by atoms with van der Waals surface area (Å²) in [5.41, 5.74) is 10.8. The number of nitrogens with zero attached hydrogens (tertiary/aromatic N) is 2. The standard InChI is InChI=1S/C56H34N2/c1-3-15-37-35(13-1)33-51(45-23-11-5-17-39(37)45)47-25-27-49(43-21-9-7-19-41(43)47)53-29-31-56-55(57-53)32-30-54(58-56)50-28-26-48(42-20-8-10-22-44(42)50)52-34-36-14-2-4-16-38(36)40-18-6-12-24-46(40)52/h1-34H. The van der Waals surface area contributed by atoms with Gasteiger partial charge in [-0.2, -0.15) is 0 Å². The highest BCUT2D eigenvalue weighted by Gasteiger charge is 2.17. The minimum Gasteiger partial charge on any atom is -0.246 e. The zero-order valence-electron chi connectivity index (χ0n) is 31.5. The van der Waals surface area contributed by atoms with Crippen LogP contribution in [0.1, 0.15) is 0 Å². The molecule has 0 aliphatic rings. The maximum absolute atomic E-state index is 5.23. The normalized spacial score (nSPS) is 11.8. The van der Waals surface area contributed by atoms with Crippen molar-refractivity contribution in [2.45, 2.75) is 0 Å². The lowest BCUT2D eigenvalue weighted by molar-refractivity contribution is 1.34. The first-order valence-electron chi connectivity index (χ1n) is 19.9. The van der Waals surface area contributed by atoms with Crippen molar-refractivity contribution >= 4 is 75.7 Å². The lowest BCUT2D eigenvalue weighted by Gasteiger charge is -2.16. The number of hydrogen-bond acceptors (Lipinski definition) is 2. The van der Waals surface area contributed by atoms with Gasteiger partial charge in [0.2, 0.25) is 0 Å². The van der Waals surface area contributed by atoms with Crippen LogP contribution >= 0.6 is 0 Å². The van der Waals surface area contributed by atoms with Crippen molar-refractivity contribution in [2.75, 3.05) is 0 Å². The van der Waals surface area contributed by atoms with Crippen LogP contribution in [0.5, 0.6) is 0 Å². The monoisotopic (exact) mass is 734 g/mol. The Kier molecular flexibility index (Phi) is 7.26. The molecule has 2 nitrogen and oxygen atoms in total. The molecule has 10 aromatic carbocycles. The molecule has 0 saturated carbocycles. The molecule has 2 aromatic heterocycles. The van der Waals surface area contributed by atoms with Crippen LogP contribution < -0.4 is 0 Å². The summed E-state index contributed by atoms with van der Waals surface area (Å²) in [6.45, 7) is 0. The lowest BCUT2D eigenvalue weighted by Crippen LogP contribution is -1.93. The van der Waals surface area contributed by atoms with Crippen LogP contribution in [0.4, 0.5) is 0 Å². The minimum absolute atomic E-state index is 0.874. The second kappa shape index (κ2) is 12.9. The van der Waals surface area contributed by atoms with Crippen LogP contribution in [-0.4, -0.2) is 9.97 Å². The van der Waals surface area contributed by atoms with E-state index in [1.807, 2.05) is 0 Å². The third-order valence-electron chi connectivity index (χ3n) is 12.1. The number of pyridine rings is 2. The van der Waals surface area contributed by atoms with E-state index in [-0.39, 0.29) is 0 Å². The largest absolute Gasteiger partial charge is 0.246 e. The van der Waals surface area contributed by atoms with Crippen molar-refractivity contribution in [1.82, 2.24) is 9.97 Å². The molecule has 0 fully saturated rings. The first-order chi connectivity index (χ1) is 28.8. The van der Waals surface area contributed by atoms with Crippen molar-refractivity contribution in [3.63, 3.8) is 0 Å². The molecule has 2 heterocycles. The predicted octanol–water partition coefficient (Wildman–Crippen LogP) is 15.2. The smallest absolute Gasteiger partial charge is 0.0894 e. The number of aromatic nitrogens is 2. The van der Waals surface area contributed by atoms with Crippen LogP contribution in [0.3, 0.4) is 0 Å². The molecule has 268 valence electrons. The number of fused-ring (bicyclic) bond motifs is 9. The number of hydrogen-bond donors (Lipinski definition) is 0. The molecule has 12 aromatic rings. The quantitative estimate of drug-likeness (QED) is 0.168. The van der Waals surface area contributed by atoms with Crippen LogP contribution in [-0.2, 0) is 0 Å². The summed E-state index contributed by atoms with van der Waals surface area (Å²) in [6.07, 6.45) is 0. The Labute approximate surface area is 335 Å². The van der Waals surface area contributed by atoms with E-state index in [9.17, 15) is 0 Å². The predicted molar refractivity (Wildman–Crippen MR) is 246 cm³/mol.